The molecule has 0 N–H and O–H groups in total. The predicted octanol–water partition coefficient (Wildman–Crippen LogP) is 11.3. The molecule has 242 valence electrons. The fourth-order valence-electron chi connectivity index (χ4n) is 7.40. The zero-order chi connectivity index (χ0) is 34.2. The first-order valence-electron chi connectivity index (χ1n) is 17.2. The molecule has 0 bridgehead atoms. The van der Waals surface area contributed by atoms with Gasteiger partial charge in [0.05, 0.1) is 16.9 Å². The molecule has 0 aliphatic heterocycles. The van der Waals surface area contributed by atoms with Crippen molar-refractivity contribution in [3.05, 3.63) is 200 Å². The Morgan fingerprint density at radius 1 is 0.431 bits per heavy atom. The Hall–Kier alpha value is -6.28. The van der Waals surface area contributed by atoms with Crippen LogP contribution in [0.25, 0.3) is 43.7 Å². The number of para-hydroxylation sites is 3. The summed E-state index contributed by atoms with van der Waals surface area (Å²) < 4.78 is 15.9. The first kappa shape index (κ1) is 30.8. The number of anilines is 3. The zero-order valence-electron chi connectivity index (χ0n) is 27.8. The van der Waals surface area contributed by atoms with Gasteiger partial charge in [-0.25, -0.2) is 4.98 Å². The molecule has 0 saturated carbocycles. The Kier molecular flexibility index (Phi) is 7.76. The topological polar surface area (TPSA) is 33.2 Å². The van der Waals surface area contributed by atoms with Gasteiger partial charge in [-0.2, -0.15) is 0 Å². The lowest BCUT2D eigenvalue weighted by Crippen LogP contribution is -2.26. The average Bonchev–Trinajstić information content (AvgIpc) is 3.21. The second kappa shape index (κ2) is 12.9. The largest absolute Gasteiger partial charge is 0.309 e. The highest BCUT2D eigenvalue weighted by atomic mass is 31.2. The Morgan fingerprint density at radius 2 is 0.961 bits per heavy atom. The second-order valence-corrected chi connectivity index (χ2v) is 15.4. The molecule has 0 spiro atoms. The lowest BCUT2D eigenvalue weighted by molar-refractivity contribution is 0.592. The van der Waals surface area contributed by atoms with E-state index in [0.29, 0.717) is 0 Å². The predicted molar refractivity (Wildman–Crippen MR) is 216 cm³/mol. The van der Waals surface area contributed by atoms with Crippen LogP contribution in [0.5, 0.6) is 0 Å². The highest BCUT2D eigenvalue weighted by Gasteiger charge is 2.33. The van der Waals surface area contributed by atoms with Gasteiger partial charge in [0.15, 0.2) is 7.14 Å². The van der Waals surface area contributed by atoms with E-state index in [1.165, 1.54) is 0 Å². The first-order chi connectivity index (χ1) is 25.2. The van der Waals surface area contributed by atoms with E-state index < -0.39 is 7.14 Å². The fraction of sp³-hybridized carbons (Fsp3) is 0. The molecule has 9 aromatic rings. The summed E-state index contributed by atoms with van der Waals surface area (Å²) in [6.07, 6.45) is 0. The quantitative estimate of drug-likeness (QED) is 0.125. The molecular weight excluding hydrogens is 640 g/mol. The summed E-state index contributed by atoms with van der Waals surface area (Å²) in [4.78, 5) is 7.93. The van der Waals surface area contributed by atoms with Crippen molar-refractivity contribution < 1.29 is 4.57 Å². The number of pyridine rings is 1. The SMILES string of the molecule is O=P(c1ccccc1)(c1ccccc1)c1ccccc1-c1nc2c(N(c3ccccc3)c3ccccc3)cccc2c2c1ccc1ccccc12. The maximum absolute atomic E-state index is 15.9. The molecule has 3 nitrogen and oxygen atoms in total. The van der Waals surface area contributed by atoms with Gasteiger partial charge >= 0.3 is 0 Å². The summed E-state index contributed by atoms with van der Waals surface area (Å²) in [6.45, 7) is 0. The number of fused-ring (bicyclic) bond motifs is 5. The third-order valence-corrected chi connectivity index (χ3v) is 12.8. The van der Waals surface area contributed by atoms with E-state index in [4.69, 9.17) is 4.98 Å². The summed E-state index contributed by atoms with van der Waals surface area (Å²) in [5, 5.41) is 7.86. The normalized spacial score (nSPS) is 11.6. The maximum atomic E-state index is 15.9. The highest BCUT2D eigenvalue weighted by Crippen LogP contribution is 2.48. The van der Waals surface area contributed by atoms with Gasteiger partial charge in [0.2, 0.25) is 0 Å². The molecule has 0 atom stereocenters. The molecule has 4 heteroatoms. The van der Waals surface area contributed by atoms with Crippen LogP contribution in [0.4, 0.5) is 17.1 Å². The van der Waals surface area contributed by atoms with Gasteiger partial charge in [-0.3, -0.25) is 0 Å². The minimum Gasteiger partial charge on any atom is -0.309 e. The lowest BCUT2D eigenvalue weighted by atomic mass is 9.94. The van der Waals surface area contributed by atoms with Crippen molar-refractivity contribution in [2.45, 2.75) is 0 Å². The lowest BCUT2D eigenvalue weighted by Gasteiger charge is -2.27. The monoisotopic (exact) mass is 672 g/mol. The zero-order valence-corrected chi connectivity index (χ0v) is 28.7. The summed E-state index contributed by atoms with van der Waals surface area (Å²) in [5.74, 6) is 0. The maximum Gasteiger partial charge on any atom is 0.171 e. The molecule has 0 fully saturated rings. The van der Waals surface area contributed by atoms with Gasteiger partial charge in [-0.15, -0.1) is 0 Å². The molecule has 9 rings (SSSR count). The molecule has 51 heavy (non-hydrogen) atoms. The van der Waals surface area contributed by atoms with Crippen LogP contribution in [0, 0.1) is 0 Å². The van der Waals surface area contributed by atoms with Crippen molar-refractivity contribution in [1.29, 1.82) is 0 Å². The van der Waals surface area contributed by atoms with E-state index in [1.807, 2.05) is 91.0 Å². The Bertz CT molecular complexity index is 2630. The number of aromatic nitrogens is 1. The van der Waals surface area contributed by atoms with Gasteiger partial charge in [0.1, 0.15) is 0 Å². The van der Waals surface area contributed by atoms with E-state index >= 15 is 4.57 Å². The smallest absolute Gasteiger partial charge is 0.171 e. The minimum atomic E-state index is -3.34. The van der Waals surface area contributed by atoms with E-state index in [0.717, 1.165) is 76.7 Å². The molecule has 0 aliphatic rings. The van der Waals surface area contributed by atoms with Crippen molar-refractivity contribution in [1.82, 2.24) is 4.98 Å². The van der Waals surface area contributed by atoms with Crippen molar-refractivity contribution in [3.8, 4) is 11.3 Å². The number of hydrogen-bond acceptors (Lipinski definition) is 3. The van der Waals surface area contributed by atoms with Gasteiger partial charge in [-0.05, 0) is 41.1 Å². The summed E-state index contributed by atoms with van der Waals surface area (Å²) in [6, 6.07) is 68.2. The van der Waals surface area contributed by atoms with Crippen LogP contribution < -0.4 is 20.8 Å². The summed E-state index contributed by atoms with van der Waals surface area (Å²) in [7, 11) is -3.34. The molecule has 8 aromatic carbocycles. The van der Waals surface area contributed by atoms with Crippen molar-refractivity contribution in [3.63, 3.8) is 0 Å². The number of hydrogen-bond donors (Lipinski definition) is 0. The number of benzene rings is 8. The van der Waals surface area contributed by atoms with Gasteiger partial charge in [0.25, 0.3) is 0 Å². The second-order valence-electron chi connectivity index (χ2n) is 12.6. The van der Waals surface area contributed by atoms with Crippen molar-refractivity contribution >= 4 is 72.6 Å². The highest BCUT2D eigenvalue weighted by molar-refractivity contribution is 7.85. The molecule has 1 aromatic heterocycles. The summed E-state index contributed by atoms with van der Waals surface area (Å²) in [5.41, 5.74) is 5.57. The van der Waals surface area contributed by atoms with E-state index in [9.17, 15) is 0 Å². The third-order valence-electron chi connectivity index (χ3n) is 9.70. The van der Waals surface area contributed by atoms with Crippen LogP contribution in [-0.2, 0) is 4.57 Å². The van der Waals surface area contributed by atoms with Gasteiger partial charge < -0.3 is 9.46 Å². The fourth-order valence-corrected chi connectivity index (χ4v) is 10.3. The van der Waals surface area contributed by atoms with Crippen LogP contribution in [-0.4, -0.2) is 4.98 Å². The molecule has 0 unspecified atom stereocenters. The Balaban J connectivity index is 1.42. The Labute approximate surface area is 297 Å². The van der Waals surface area contributed by atoms with E-state index in [1.54, 1.807) is 0 Å². The first-order valence-corrected chi connectivity index (χ1v) is 18.9. The number of nitrogens with zero attached hydrogens (tertiary/aromatic N) is 2. The van der Waals surface area contributed by atoms with E-state index in [2.05, 4.69) is 114 Å². The van der Waals surface area contributed by atoms with Crippen LogP contribution >= 0.6 is 7.14 Å². The van der Waals surface area contributed by atoms with E-state index in [-0.39, 0.29) is 0 Å². The molecule has 1 heterocycles. The van der Waals surface area contributed by atoms with Crippen LogP contribution in [0.15, 0.2) is 200 Å². The number of rotatable bonds is 7. The molecule has 0 aliphatic carbocycles. The van der Waals surface area contributed by atoms with Crippen molar-refractivity contribution in [2.24, 2.45) is 0 Å². The standard InChI is InChI=1S/C47H33N2OP/c50-51(37-23-9-3-10-24-37,38-25-11-4-12-26-38)44-31-16-15-28-40(44)46-42-33-32-34-18-13-14-27-39(34)45(42)41-29-17-30-43(47(41)48-46)49(35-19-5-1-6-20-35)36-21-7-2-8-22-36/h1-33H. The average molecular weight is 673 g/mol. The Morgan fingerprint density at radius 3 is 1.61 bits per heavy atom. The van der Waals surface area contributed by atoms with Gasteiger partial charge in [0, 0.05) is 49.0 Å². The molecule has 0 saturated heterocycles. The third kappa shape index (κ3) is 5.22. The van der Waals surface area contributed by atoms with Crippen molar-refractivity contribution in [2.75, 3.05) is 4.90 Å². The van der Waals surface area contributed by atoms with Crippen LogP contribution in [0.1, 0.15) is 0 Å². The van der Waals surface area contributed by atoms with Crippen LogP contribution in [0.2, 0.25) is 0 Å². The molecular formula is C47H33N2OP. The minimum absolute atomic E-state index is 0.768. The van der Waals surface area contributed by atoms with Gasteiger partial charge in [-0.1, -0.05) is 170 Å². The summed E-state index contributed by atoms with van der Waals surface area (Å²) >= 11 is 0. The molecule has 0 amide bonds. The van der Waals surface area contributed by atoms with Crippen LogP contribution in [0.3, 0.4) is 0 Å². The molecule has 0 radical (unpaired) electrons.